The fourth-order valence-electron chi connectivity index (χ4n) is 4.72. The van der Waals surface area contributed by atoms with Crippen LogP contribution in [0.3, 0.4) is 0 Å². The fourth-order valence-corrected chi connectivity index (χ4v) is 4.72. The minimum absolute atomic E-state index is 0.130. The van der Waals surface area contributed by atoms with Crippen molar-refractivity contribution < 1.29 is 5.11 Å². The summed E-state index contributed by atoms with van der Waals surface area (Å²) in [4.78, 5) is 0. The lowest BCUT2D eigenvalue weighted by Crippen LogP contribution is -2.39. The lowest BCUT2D eigenvalue weighted by molar-refractivity contribution is 0.00262. The zero-order chi connectivity index (χ0) is 13.1. The molecule has 2 aliphatic rings. The van der Waals surface area contributed by atoms with Gasteiger partial charge < -0.3 is 5.11 Å². The monoisotopic (exact) mass is 252 g/mol. The highest BCUT2D eigenvalue weighted by molar-refractivity contribution is 4.90. The second-order valence-electron chi connectivity index (χ2n) is 7.09. The van der Waals surface area contributed by atoms with Gasteiger partial charge in [-0.2, -0.15) is 0 Å². The normalized spacial score (nSPS) is 40.0. The van der Waals surface area contributed by atoms with E-state index >= 15 is 0 Å². The number of fused-ring (bicyclic) bond motifs is 1. The summed E-state index contributed by atoms with van der Waals surface area (Å²) in [6.07, 6.45) is 11.3. The molecule has 5 unspecified atom stereocenters. The molecule has 106 valence electrons. The van der Waals surface area contributed by atoms with Crippen molar-refractivity contribution in [3.05, 3.63) is 0 Å². The summed E-state index contributed by atoms with van der Waals surface area (Å²) in [6.45, 7) is 6.58. The molecule has 1 N–H and O–H groups in total. The standard InChI is InChI=1S/C17H32O/c1-4-7-16-10-14-8-5-6-9-15(14)11-17(16)12(2)13(3)18/h12-18H,4-11H2,1-3H3/t12?,13-,14?,15?,16?,17?/m1/s1. The van der Waals surface area contributed by atoms with Gasteiger partial charge in [-0.15, -0.1) is 0 Å². The van der Waals surface area contributed by atoms with E-state index in [9.17, 15) is 5.11 Å². The molecular formula is C17H32O. The Morgan fingerprint density at radius 2 is 1.67 bits per heavy atom. The molecule has 0 heterocycles. The van der Waals surface area contributed by atoms with Crippen LogP contribution in [-0.4, -0.2) is 11.2 Å². The third-order valence-electron chi connectivity index (χ3n) is 5.95. The Balaban J connectivity index is 2.05. The van der Waals surface area contributed by atoms with Crippen LogP contribution in [0.2, 0.25) is 0 Å². The Kier molecular flexibility index (Phi) is 5.12. The van der Waals surface area contributed by atoms with Gasteiger partial charge in [-0.3, -0.25) is 0 Å². The summed E-state index contributed by atoms with van der Waals surface area (Å²) in [6, 6.07) is 0. The topological polar surface area (TPSA) is 20.2 Å². The summed E-state index contributed by atoms with van der Waals surface area (Å²) in [7, 11) is 0. The first-order valence-corrected chi connectivity index (χ1v) is 8.31. The van der Waals surface area contributed by atoms with Crippen LogP contribution in [0, 0.1) is 29.6 Å². The molecule has 0 amide bonds. The number of rotatable bonds is 4. The van der Waals surface area contributed by atoms with E-state index in [1.165, 1.54) is 51.4 Å². The Labute approximate surface area is 113 Å². The minimum Gasteiger partial charge on any atom is -0.393 e. The molecule has 2 rings (SSSR count). The van der Waals surface area contributed by atoms with Crippen LogP contribution in [0.5, 0.6) is 0 Å². The van der Waals surface area contributed by atoms with Crippen LogP contribution in [0.1, 0.15) is 72.1 Å². The first-order chi connectivity index (χ1) is 8.63. The van der Waals surface area contributed by atoms with Gasteiger partial charge in [0.25, 0.3) is 0 Å². The van der Waals surface area contributed by atoms with Gasteiger partial charge in [0.05, 0.1) is 6.10 Å². The molecule has 0 aromatic heterocycles. The quantitative estimate of drug-likeness (QED) is 0.773. The second-order valence-corrected chi connectivity index (χ2v) is 7.09. The smallest absolute Gasteiger partial charge is 0.0540 e. The third-order valence-corrected chi connectivity index (χ3v) is 5.95. The van der Waals surface area contributed by atoms with E-state index in [4.69, 9.17) is 0 Å². The van der Waals surface area contributed by atoms with Crippen molar-refractivity contribution in [1.82, 2.24) is 0 Å². The van der Waals surface area contributed by atoms with Gasteiger partial charge in [0.2, 0.25) is 0 Å². The molecule has 1 heteroatoms. The van der Waals surface area contributed by atoms with E-state index in [-0.39, 0.29) is 6.10 Å². The Morgan fingerprint density at radius 3 is 2.22 bits per heavy atom. The van der Waals surface area contributed by atoms with Crippen molar-refractivity contribution in [1.29, 1.82) is 0 Å². The van der Waals surface area contributed by atoms with Gasteiger partial charge >= 0.3 is 0 Å². The van der Waals surface area contributed by atoms with Crippen molar-refractivity contribution in [3.8, 4) is 0 Å². The van der Waals surface area contributed by atoms with Crippen molar-refractivity contribution in [2.75, 3.05) is 0 Å². The first-order valence-electron chi connectivity index (χ1n) is 8.31. The van der Waals surface area contributed by atoms with Gasteiger partial charge in [0.15, 0.2) is 0 Å². The molecule has 2 saturated carbocycles. The lowest BCUT2D eigenvalue weighted by Gasteiger charge is -2.46. The summed E-state index contributed by atoms with van der Waals surface area (Å²) in [5.41, 5.74) is 0. The highest BCUT2D eigenvalue weighted by Gasteiger charge is 2.40. The first kappa shape index (κ1) is 14.4. The van der Waals surface area contributed by atoms with Gasteiger partial charge in [-0.1, -0.05) is 52.4 Å². The maximum Gasteiger partial charge on any atom is 0.0540 e. The Bertz CT molecular complexity index is 248. The fraction of sp³-hybridized carbons (Fsp3) is 1.00. The number of aliphatic hydroxyl groups excluding tert-OH is 1. The summed E-state index contributed by atoms with van der Waals surface area (Å²) >= 11 is 0. The van der Waals surface area contributed by atoms with Gasteiger partial charge in [-0.25, -0.2) is 0 Å². The van der Waals surface area contributed by atoms with Crippen molar-refractivity contribution >= 4 is 0 Å². The highest BCUT2D eigenvalue weighted by Crippen LogP contribution is 2.49. The minimum atomic E-state index is -0.130. The molecule has 6 atom stereocenters. The number of hydrogen-bond acceptors (Lipinski definition) is 1. The molecule has 0 spiro atoms. The van der Waals surface area contributed by atoms with E-state index in [1.807, 2.05) is 6.92 Å². The van der Waals surface area contributed by atoms with Crippen LogP contribution in [0.4, 0.5) is 0 Å². The summed E-state index contributed by atoms with van der Waals surface area (Å²) in [5.74, 6) is 4.17. The maximum atomic E-state index is 9.96. The van der Waals surface area contributed by atoms with Gasteiger partial charge in [-0.05, 0) is 49.4 Å². The average Bonchev–Trinajstić information content (AvgIpc) is 2.37. The Hall–Kier alpha value is -0.0400. The number of aliphatic hydroxyl groups is 1. The van der Waals surface area contributed by atoms with Crippen LogP contribution in [0.25, 0.3) is 0 Å². The average molecular weight is 252 g/mol. The van der Waals surface area contributed by atoms with Gasteiger partial charge in [0.1, 0.15) is 0 Å². The molecule has 0 bridgehead atoms. The van der Waals surface area contributed by atoms with Crippen LogP contribution < -0.4 is 0 Å². The van der Waals surface area contributed by atoms with Crippen LogP contribution in [-0.2, 0) is 0 Å². The molecule has 0 radical (unpaired) electrons. The summed E-state index contributed by atoms with van der Waals surface area (Å²) < 4.78 is 0. The number of hydrogen-bond donors (Lipinski definition) is 1. The van der Waals surface area contributed by atoms with Crippen LogP contribution in [0.15, 0.2) is 0 Å². The molecule has 1 nitrogen and oxygen atoms in total. The second kappa shape index (κ2) is 6.41. The zero-order valence-electron chi connectivity index (χ0n) is 12.6. The third kappa shape index (κ3) is 3.10. The van der Waals surface area contributed by atoms with Crippen molar-refractivity contribution in [2.24, 2.45) is 29.6 Å². The molecule has 0 saturated heterocycles. The molecule has 18 heavy (non-hydrogen) atoms. The highest BCUT2D eigenvalue weighted by atomic mass is 16.3. The molecule has 0 aromatic carbocycles. The van der Waals surface area contributed by atoms with Crippen LogP contribution >= 0.6 is 0 Å². The van der Waals surface area contributed by atoms with E-state index < -0.39 is 0 Å². The Morgan fingerprint density at radius 1 is 1.06 bits per heavy atom. The molecule has 0 aromatic rings. The van der Waals surface area contributed by atoms with E-state index in [2.05, 4.69) is 13.8 Å². The summed E-state index contributed by atoms with van der Waals surface area (Å²) in [5, 5.41) is 9.96. The van der Waals surface area contributed by atoms with Gasteiger partial charge in [0, 0.05) is 0 Å². The lowest BCUT2D eigenvalue weighted by atomic mass is 9.59. The molecule has 2 fully saturated rings. The maximum absolute atomic E-state index is 9.96. The predicted molar refractivity (Wildman–Crippen MR) is 77.4 cm³/mol. The SMILES string of the molecule is CCCC1CC2CCCCC2CC1C(C)[C@@H](C)O. The van der Waals surface area contributed by atoms with E-state index in [0.29, 0.717) is 5.92 Å². The van der Waals surface area contributed by atoms with E-state index in [1.54, 1.807) is 0 Å². The van der Waals surface area contributed by atoms with Crippen molar-refractivity contribution in [3.63, 3.8) is 0 Å². The zero-order valence-corrected chi connectivity index (χ0v) is 12.6. The molecule has 2 aliphatic carbocycles. The van der Waals surface area contributed by atoms with Crippen molar-refractivity contribution in [2.45, 2.75) is 78.2 Å². The molecular weight excluding hydrogens is 220 g/mol. The molecule has 0 aliphatic heterocycles. The largest absolute Gasteiger partial charge is 0.393 e. The predicted octanol–water partition coefficient (Wildman–Crippen LogP) is 4.64. The van der Waals surface area contributed by atoms with E-state index in [0.717, 1.165) is 23.7 Å².